The molecule has 0 fully saturated rings. The van der Waals surface area contributed by atoms with E-state index < -0.39 is 0 Å². The van der Waals surface area contributed by atoms with Crippen LogP contribution in [0.15, 0.2) is 60.7 Å². The Morgan fingerprint density at radius 1 is 0.931 bits per heavy atom. The molecule has 0 spiro atoms. The molecular formula is C24H27ClN2O2. The van der Waals surface area contributed by atoms with Gasteiger partial charge in [0.25, 0.3) is 0 Å². The second-order valence-corrected chi connectivity index (χ2v) is 6.93. The predicted molar refractivity (Wildman–Crippen MR) is 120 cm³/mol. The molecule has 0 radical (unpaired) electrons. The Balaban J connectivity index is 0.000000551. The highest BCUT2D eigenvalue weighted by Crippen LogP contribution is 2.46. The first-order valence-corrected chi connectivity index (χ1v) is 9.77. The van der Waals surface area contributed by atoms with Gasteiger partial charge >= 0.3 is 0 Å². The van der Waals surface area contributed by atoms with Crippen LogP contribution in [0.25, 0.3) is 11.1 Å². The fourth-order valence-electron chi connectivity index (χ4n) is 3.63. The summed E-state index contributed by atoms with van der Waals surface area (Å²) in [6.07, 6.45) is 1.16. The Labute approximate surface area is 177 Å². The van der Waals surface area contributed by atoms with Crippen LogP contribution in [0, 0.1) is 13.8 Å². The Bertz CT molecular complexity index is 938. The largest absolute Gasteiger partial charge is 0.485 e. The highest BCUT2D eigenvalue weighted by molar-refractivity contribution is 6.33. The van der Waals surface area contributed by atoms with E-state index >= 15 is 0 Å². The average molecular weight is 411 g/mol. The number of hydrogen-bond donors (Lipinski definition) is 2. The van der Waals surface area contributed by atoms with Gasteiger partial charge < -0.3 is 16.2 Å². The van der Waals surface area contributed by atoms with Crippen molar-refractivity contribution in [2.24, 2.45) is 11.5 Å². The van der Waals surface area contributed by atoms with Crippen molar-refractivity contribution in [2.45, 2.75) is 26.4 Å². The first kappa shape index (κ1) is 22.5. The minimum Gasteiger partial charge on any atom is -0.485 e. The summed E-state index contributed by atoms with van der Waals surface area (Å²) in [5, 5.41) is 0.795. The van der Waals surface area contributed by atoms with E-state index in [0.717, 1.165) is 22.8 Å². The highest BCUT2D eigenvalue weighted by Gasteiger charge is 2.29. The van der Waals surface area contributed by atoms with Crippen LogP contribution in [-0.2, 0) is 11.2 Å². The number of fused-ring (bicyclic) bond motifs is 1. The summed E-state index contributed by atoms with van der Waals surface area (Å²) < 4.78 is 6.23. The maximum atomic E-state index is 8.58. The average Bonchev–Trinajstić information content (AvgIpc) is 3.17. The van der Waals surface area contributed by atoms with Gasteiger partial charge in [-0.05, 0) is 55.3 Å². The molecule has 3 aromatic carbocycles. The first-order chi connectivity index (χ1) is 14.1. The molecule has 4 rings (SSSR count). The number of ether oxygens (including phenoxy) is 1. The van der Waals surface area contributed by atoms with E-state index in [4.69, 9.17) is 21.1 Å². The second-order valence-electron chi connectivity index (χ2n) is 6.52. The van der Waals surface area contributed by atoms with Gasteiger partial charge in [0.1, 0.15) is 11.9 Å². The molecular weight excluding hydrogens is 384 g/mol. The van der Waals surface area contributed by atoms with Crippen molar-refractivity contribution in [3.63, 3.8) is 0 Å². The number of benzene rings is 3. The smallest absolute Gasteiger partial charge is 0.204 e. The molecule has 1 heterocycles. The lowest BCUT2D eigenvalue weighted by atomic mass is 9.90. The Kier molecular flexibility index (Phi) is 8.25. The van der Waals surface area contributed by atoms with Crippen molar-refractivity contribution < 1.29 is 9.53 Å². The fraction of sp³-hybridized carbons (Fsp3) is 0.208. The Hall–Kier alpha value is -2.82. The highest BCUT2D eigenvalue weighted by atomic mass is 35.5. The van der Waals surface area contributed by atoms with Crippen LogP contribution in [0.3, 0.4) is 0 Å². The van der Waals surface area contributed by atoms with Crippen molar-refractivity contribution >= 4 is 18.0 Å². The summed E-state index contributed by atoms with van der Waals surface area (Å²) in [5.41, 5.74) is 15.9. The minimum atomic E-state index is 0.0581. The summed E-state index contributed by atoms with van der Waals surface area (Å²) in [4.78, 5) is 8.58. The number of carbonyl (C=O) groups excluding carboxylic acids is 1. The number of rotatable bonds is 2. The topological polar surface area (TPSA) is 78.3 Å². The van der Waals surface area contributed by atoms with E-state index in [0.29, 0.717) is 0 Å². The fourth-order valence-corrected chi connectivity index (χ4v) is 3.90. The third-order valence-electron chi connectivity index (χ3n) is 4.78. The number of hydrogen-bond acceptors (Lipinski definition) is 3. The van der Waals surface area contributed by atoms with Crippen LogP contribution in [0.2, 0.25) is 5.02 Å². The summed E-state index contributed by atoms with van der Waals surface area (Å²) in [5.74, 6) is 0.950. The summed E-state index contributed by atoms with van der Waals surface area (Å²) in [6, 6.07) is 20.7. The normalized spacial score (nSPS) is 13.8. The maximum absolute atomic E-state index is 8.58. The van der Waals surface area contributed by atoms with Gasteiger partial charge in [0.15, 0.2) is 0 Å². The summed E-state index contributed by atoms with van der Waals surface area (Å²) in [7, 11) is 1.50. The molecule has 1 aliphatic rings. The molecule has 0 bridgehead atoms. The van der Waals surface area contributed by atoms with E-state index in [2.05, 4.69) is 67.8 Å². The molecule has 1 amide bonds. The third-order valence-corrected chi connectivity index (χ3v) is 5.10. The van der Waals surface area contributed by atoms with Gasteiger partial charge in [-0.3, -0.25) is 4.79 Å². The molecule has 5 heteroatoms. The van der Waals surface area contributed by atoms with Crippen molar-refractivity contribution in [1.82, 2.24) is 0 Å². The Morgan fingerprint density at radius 3 is 2.10 bits per heavy atom. The summed E-state index contributed by atoms with van der Waals surface area (Å²) >= 11 is 6.62. The third kappa shape index (κ3) is 4.97. The van der Waals surface area contributed by atoms with Crippen molar-refractivity contribution in [3.8, 4) is 16.9 Å². The molecule has 4 N–H and O–H groups in total. The van der Waals surface area contributed by atoms with Crippen LogP contribution in [0.1, 0.15) is 28.4 Å². The van der Waals surface area contributed by atoms with Crippen LogP contribution in [0.4, 0.5) is 0 Å². The first-order valence-electron chi connectivity index (χ1n) is 9.39. The summed E-state index contributed by atoms with van der Waals surface area (Å²) in [6.45, 7) is 4.28. The molecule has 0 saturated carbocycles. The molecule has 0 aromatic heterocycles. The van der Waals surface area contributed by atoms with Crippen LogP contribution < -0.4 is 16.2 Å². The number of amides is 1. The van der Waals surface area contributed by atoms with Gasteiger partial charge in [-0.1, -0.05) is 60.1 Å². The van der Waals surface area contributed by atoms with Crippen molar-refractivity contribution in [3.05, 3.63) is 87.9 Å². The van der Waals surface area contributed by atoms with Gasteiger partial charge in [0, 0.05) is 22.6 Å². The number of carbonyl (C=O) groups is 1. The van der Waals surface area contributed by atoms with E-state index in [1.807, 2.05) is 18.2 Å². The number of nitrogens with two attached hydrogens (primary N) is 2. The molecule has 1 unspecified atom stereocenters. The molecule has 0 aliphatic carbocycles. The zero-order chi connectivity index (χ0) is 21.4. The number of aryl methyl sites for hydroxylation is 2. The molecule has 1 atom stereocenters. The lowest BCUT2D eigenvalue weighted by Gasteiger charge is -2.15. The van der Waals surface area contributed by atoms with E-state index in [9.17, 15) is 0 Å². The van der Waals surface area contributed by atoms with Crippen LogP contribution >= 0.6 is 11.6 Å². The predicted octanol–water partition coefficient (Wildman–Crippen LogP) is 4.98. The minimum absolute atomic E-state index is 0.0581. The lowest BCUT2D eigenvalue weighted by Crippen LogP contribution is -2.02. The zero-order valence-corrected chi connectivity index (χ0v) is 17.7. The quantitative estimate of drug-likeness (QED) is 0.585. The van der Waals surface area contributed by atoms with E-state index in [1.165, 1.54) is 34.9 Å². The molecule has 3 aromatic rings. The monoisotopic (exact) mass is 410 g/mol. The van der Waals surface area contributed by atoms with E-state index in [1.54, 1.807) is 0 Å². The maximum Gasteiger partial charge on any atom is 0.204 e. The van der Waals surface area contributed by atoms with Gasteiger partial charge in [0.2, 0.25) is 6.41 Å². The van der Waals surface area contributed by atoms with Gasteiger partial charge in [-0.25, -0.2) is 0 Å². The molecule has 29 heavy (non-hydrogen) atoms. The Morgan fingerprint density at radius 2 is 1.52 bits per heavy atom. The van der Waals surface area contributed by atoms with Crippen molar-refractivity contribution in [1.29, 1.82) is 0 Å². The van der Waals surface area contributed by atoms with Crippen LogP contribution in [0.5, 0.6) is 5.75 Å². The van der Waals surface area contributed by atoms with Gasteiger partial charge in [0.05, 0.1) is 0 Å². The molecule has 4 nitrogen and oxygen atoms in total. The van der Waals surface area contributed by atoms with Crippen molar-refractivity contribution in [2.75, 3.05) is 7.05 Å². The SMILES string of the molecule is CN.Cc1cccc(C)c1-c1c(Cl)ccc2c1CC(c1ccccc1)O2.NC=O. The standard InChI is InChI=1S/C22H19ClO.CH3NO.CH5N/c1-14-7-6-8-15(2)21(14)22-17-13-20(16-9-4-3-5-10-16)24-19(17)12-11-18(22)23;2-1-3;1-2/h3-12,20H,13H2,1-2H3;1H,(H2,2,3);2H2,1H3. The van der Waals surface area contributed by atoms with Gasteiger partial charge in [-0.2, -0.15) is 0 Å². The lowest BCUT2D eigenvalue weighted by molar-refractivity contribution is -0.106. The van der Waals surface area contributed by atoms with E-state index in [-0.39, 0.29) is 12.5 Å². The zero-order valence-electron chi connectivity index (χ0n) is 17.0. The molecule has 0 saturated heterocycles. The second kappa shape index (κ2) is 10.6. The molecule has 152 valence electrons. The van der Waals surface area contributed by atoms with Gasteiger partial charge in [-0.15, -0.1) is 0 Å². The van der Waals surface area contributed by atoms with Crippen LogP contribution in [-0.4, -0.2) is 13.5 Å². The number of halogens is 1. The number of primary amides is 1. The molecule has 1 aliphatic heterocycles.